The summed E-state index contributed by atoms with van der Waals surface area (Å²) in [7, 11) is 3.86. The molecule has 0 aromatic heterocycles. The van der Waals surface area contributed by atoms with Gasteiger partial charge >= 0.3 is 0 Å². The van der Waals surface area contributed by atoms with E-state index in [1.807, 2.05) is 46.7 Å². The molecule has 0 aromatic carbocycles. The summed E-state index contributed by atoms with van der Waals surface area (Å²) in [5, 5.41) is 10.3. The van der Waals surface area contributed by atoms with Gasteiger partial charge in [0.2, 0.25) is 0 Å². The molecule has 0 saturated carbocycles. The molecule has 0 aliphatic carbocycles. The molecule has 0 aromatic rings. The van der Waals surface area contributed by atoms with Crippen LogP contribution in [0.3, 0.4) is 0 Å². The summed E-state index contributed by atoms with van der Waals surface area (Å²) in [6, 6.07) is 0.219. The molecule has 0 unspecified atom stereocenters. The molecule has 0 aliphatic rings. The van der Waals surface area contributed by atoms with Gasteiger partial charge in [0, 0.05) is 20.1 Å². The normalized spacial score (nSPS) is 13.6. The van der Waals surface area contributed by atoms with Gasteiger partial charge in [-0.1, -0.05) is 13.8 Å². The van der Waals surface area contributed by atoms with Crippen molar-refractivity contribution in [2.75, 3.05) is 14.1 Å². The highest BCUT2D eigenvalue weighted by Gasteiger charge is 2.30. The molecule has 0 rings (SSSR count). The lowest BCUT2D eigenvalue weighted by molar-refractivity contribution is 0.0916. The first-order chi connectivity index (χ1) is 6.37. The van der Waals surface area contributed by atoms with Gasteiger partial charge in [0.25, 0.3) is 0 Å². The zero-order valence-electron chi connectivity index (χ0n) is 10.3. The van der Waals surface area contributed by atoms with Crippen molar-refractivity contribution < 1.29 is 5.11 Å². The molecule has 14 heavy (non-hydrogen) atoms. The maximum absolute atomic E-state index is 10.3. The van der Waals surface area contributed by atoms with E-state index in [0.29, 0.717) is 12.8 Å². The minimum absolute atomic E-state index is 0.219. The van der Waals surface area contributed by atoms with Crippen LogP contribution in [-0.2, 0) is 0 Å². The van der Waals surface area contributed by atoms with E-state index in [1.165, 1.54) is 0 Å². The summed E-state index contributed by atoms with van der Waals surface area (Å²) in [4.78, 5) is 6.39. The van der Waals surface area contributed by atoms with Crippen LogP contribution >= 0.6 is 0 Å². The molecule has 0 amide bonds. The molecule has 0 saturated heterocycles. The second-order valence-corrected chi connectivity index (χ2v) is 4.18. The number of aliphatic hydroxyl groups is 1. The Hall–Kier alpha value is -0.570. The zero-order valence-corrected chi connectivity index (χ0v) is 10.3. The first-order valence-corrected chi connectivity index (χ1v) is 5.35. The van der Waals surface area contributed by atoms with Crippen LogP contribution in [0, 0.1) is 0 Å². The van der Waals surface area contributed by atoms with Crippen molar-refractivity contribution >= 4 is 5.84 Å². The molecule has 0 fully saturated rings. The van der Waals surface area contributed by atoms with Crippen LogP contribution < -0.4 is 0 Å². The number of hydrogen-bond donors (Lipinski definition) is 1. The third-order valence-electron chi connectivity index (χ3n) is 2.39. The molecular formula is C11H24N2O. The van der Waals surface area contributed by atoms with Gasteiger partial charge in [-0.25, -0.2) is 0 Å². The summed E-state index contributed by atoms with van der Waals surface area (Å²) in [6.07, 6.45) is 1.40. The Morgan fingerprint density at radius 1 is 1.29 bits per heavy atom. The largest absolute Gasteiger partial charge is 0.382 e. The van der Waals surface area contributed by atoms with E-state index >= 15 is 0 Å². The van der Waals surface area contributed by atoms with E-state index in [1.54, 1.807) is 0 Å². The number of aliphatic imine (C=N–C) groups is 1. The second-order valence-electron chi connectivity index (χ2n) is 4.18. The van der Waals surface area contributed by atoms with Crippen molar-refractivity contribution in [2.45, 2.75) is 52.2 Å². The molecular weight excluding hydrogens is 176 g/mol. The Morgan fingerprint density at radius 2 is 1.71 bits per heavy atom. The first kappa shape index (κ1) is 13.4. The van der Waals surface area contributed by atoms with Gasteiger partial charge in [-0.15, -0.1) is 0 Å². The third-order valence-corrected chi connectivity index (χ3v) is 2.39. The van der Waals surface area contributed by atoms with E-state index < -0.39 is 5.60 Å². The fourth-order valence-electron chi connectivity index (χ4n) is 1.46. The van der Waals surface area contributed by atoms with Crippen molar-refractivity contribution in [3.8, 4) is 0 Å². The molecule has 0 bridgehead atoms. The van der Waals surface area contributed by atoms with E-state index in [-0.39, 0.29) is 6.04 Å². The number of amidine groups is 1. The molecule has 0 aliphatic heterocycles. The van der Waals surface area contributed by atoms with Crippen LogP contribution in [0.4, 0.5) is 0 Å². The molecule has 1 N–H and O–H groups in total. The van der Waals surface area contributed by atoms with Crippen LogP contribution in [0.2, 0.25) is 0 Å². The van der Waals surface area contributed by atoms with E-state index in [2.05, 4.69) is 4.99 Å². The summed E-state index contributed by atoms with van der Waals surface area (Å²) in [5.74, 6) is 0.789. The average Bonchev–Trinajstić information content (AvgIpc) is 2.12. The molecule has 84 valence electrons. The number of hydrogen-bond acceptors (Lipinski definition) is 2. The smallest absolute Gasteiger partial charge is 0.131 e. The van der Waals surface area contributed by atoms with Crippen LogP contribution in [0.15, 0.2) is 4.99 Å². The Bertz CT molecular complexity index is 193. The summed E-state index contributed by atoms with van der Waals surface area (Å²) >= 11 is 0. The van der Waals surface area contributed by atoms with Crippen LogP contribution in [0.25, 0.3) is 0 Å². The Labute approximate surface area is 87.8 Å². The first-order valence-electron chi connectivity index (χ1n) is 5.35. The SMILES string of the molecule is CCC(O)(CC)C(=NC(C)C)N(C)C. The predicted octanol–water partition coefficient (Wildman–Crippen LogP) is 1.91. The van der Waals surface area contributed by atoms with Gasteiger partial charge < -0.3 is 10.0 Å². The average molecular weight is 200 g/mol. The van der Waals surface area contributed by atoms with Gasteiger partial charge in [-0.2, -0.15) is 0 Å². The highest BCUT2D eigenvalue weighted by atomic mass is 16.3. The quantitative estimate of drug-likeness (QED) is 0.556. The fourth-order valence-corrected chi connectivity index (χ4v) is 1.46. The Morgan fingerprint density at radius 3 is 1.93 bits per heavy atom. The van der Waals surface area contributed by atoms with Crippen LogP contribution in [0.5, 0.6) is 0 Å². The van der Waals surface area contributed by atoms with Crippen molar-refractivity contribution in [3.63, 3.8) is 0 Å². The van der Waals surface area contributed by atoms with Gasteiger partial charge in [-0.3, -0.25) is 4.99 Å². The standard InChI is InChI=1S/C11H24N2O/c1-7-11(14,8-2)10(13(5)6)12-9(3)4/h9,14H,7-8H2,1-6H3. The summed E-state index contributed by atoms with van der Waals surface area (Å²) < 4.78 is 0. The number of rotatable bonds is 4. The highest BCUT2D eigenvalue weighted by Crippen LogP contribution is 2.19. The van der Waals surface area contributed by atoms with Gasteiger partial charge in [0.1, 0.15) is 11.4 Å². The second kappa shape index (κ2) is 5.35. The van der Waals surface area contributed by atoms with Crippen molar-refractivity contribution in [1.82, 2.24) is 4.90 Å². The monoisotopic (exact) mass is 200 g/mol. The third kappa shape index (κ3) is 3.29. The van der Waals surface area contributed by atoms with Gasteiger partial charge in [-0.05, 0) is 26.7 Å². The van der Waals surface area contributed by atoms with Gasteiger partial charge in [0.15, 0.2) is 0 Å². The summed E-state index contributed by atoms with van der Waals surface area (Å²) in [6.45, 7) is 8.02. The fraction of sp³-hybridized carbons (Fsp3) is 0.909. The minimum atomic E-state index is -0.770. The summed E-state index contributed by atoms with van der Waals surface area (Å²) in [5.41, 5.74) is -0.770. The molecule has 3 heteroatoms. The van der Waals surface area contributed by atoms with Crippen LogP contribution in [0.1, 0.15) is 40.5 Å². The molecule has 0 heterocycles. The number of nitrogens with zero attached hydrogens (tertiary/aromatic N) is 2. The topological polar surface area (TPSA) is 35.8 Å². The zero-order chi connectivity index (χ0) is 11.4. The molecule has 0 radical (unpaired) electrons. The molecule has 0 spiro atoms. The lowest BCUT2D eigenvalue weighted by Gasteiger charge is -2.32. The van der Waals surface area contributed by atoms with Crippen molar-refractivity contribution in [3.05, 3.63) is 0 Å². The Kier molecular flexibility index (Phi) is 5.13. The highest BCUT2D eigenvalue weighted by molar-refractivity contribution is 5.90. The van der Waals surface area contributed by atoms with E-state index in [4.69, 9.17) is 0 Å². The predicted molar refractivity (Wildman–Crippen MR) is 61.8 cm³/mol. The molecule has 0 atom stereocenters. The maximum Gasteiger partial charge on any atom is 0.131 e. The lowest BCUT2D eigenvalue weighted by Crippen LogP contribution is -2.46. The van der Waals surface area contributed by atoms with Crippen molar-refractivity contribution in [1.29, 1.82) is 0 Å². The number of likely N-dealkylation sites (N-methyl/N-ethyl adjacent to an activating group) is 1. The van der Waals surface area contributed by atoms with Gasteiger partial charge in [0.05, 0.1) is 0 Å². The van der Waals surface area contributed by atoms with E-state index in [0.717, 1.165) is 5.84 Å². The van der Waals surface area contributed by atoms with E-state index in [9.17, 15) is 5.11 Å². The van der Waals surface area contributed by atoms with Crippen LogP contribution in [-0.4, -0.2) is 41.6 Å². The lowest BCUT2D eigenvalue weighted by atomic mass is 9.95. The van der Waals surface area contributed by atoms with Crippen molar-refractivity contribution in [2.24, 2.45) is 4.99 Å². The minimum Gasteiger partial charge on any atom is -0.382 e. The maximum atomic E-state index is 10.3. The Balaban J connectivity index is 4.99. The molecule has 3 nitrogen and oxygen atoms in total.